The summed E-state index contributed by atoms with van der Waals surface area (Å²) in [6, 6.07) is 18.7. The minimum Gasteiger partial charge on any atom is -0.497 e. The first-order valence-electron chi connectivity index (χ1n) is 11.7. The van der Waals surface area contributed by atoms with Crippen LogP contribution in [0.15, 0.2) is 54.6 Å². The summed E-state index contributed by atoms with van der Waals surface area (Å²) in [6.45, 7) is 6.74. The zero-order valence-corrected chi connectivity index (χ0v) is 19.0. The predicted molar refractivity (Wildman–Crippen MR) is 127 cm³/mol. The number of anilines is 1. The zero-order valence-electron chi connectivity index (χ0n) is 19.0. The molecule has 172 valence electrons. The second kappa shape index (κ2) is 11.5. The third-order valence-corrected chi connectivity index (χ3v) is 6.66. The van der Waals surface area contributed by atoms with Crippen molar-refractivity contribution in [2.45, 2.75) is 31.8 Å². The second-order valence-corrected chi connectivity index (χ2v) is 8.80. The van der Waals surface area contributed by atoms with E-state index >= 15 is 0 Å². The van der Waals surface area contributed by atoms with E-state index in [1.54, 1.807) is 7.11 Å². The summed E-state index contributed by atoms with van der Waals surface area (Å²) in [5.41, 5.74) is 2.17. The molecule has 2 heterocycles. The Bertz CT molecular complexity index is 837. The quantitative estimate of drug-likeness (QED) is 0.683. The monoisotopic (exact) mass is 437 g/mol. The number of nitrogens with one attached hydrogen (secondary N) is 1. The number of piperidine rings is 1. The van der Waals surface area contributed by atoms with E-state index < -0.39 is 0 Å². The summed E-state index contributed by atoms with van der Waals surface area (Å²) in [5.74, 6) is 1.35. The number of carbonyl (C=O) groups excluding carboxylic acids is 1. The Morgan fingerprint density at radius 1 is 1.06 bits per heavy atom. The molecular formula is C26H35N3O3. The average Bonchev–Trinajstić information content (AvgIpc) is 2.84. The summed E-state index contributed by atoms with van der Waals surface area (Å²) in [5, 5.41) is 3.04. The lowest BCUT2D eigenvalue weighted by atomic mass is 9.86. The van der Waals surface area contributed by atoms with Gasteiger partial charge in [0.05, 0.1) is 20.3 Å². The molecule has 2 atom stereocenters. The molecule has 32 heavy (non-hydrogen) atoms. The highest BCUT2D eigenvalue weighted by Gasteiger charge is 2.34. The molecule has 0 radical (unpaired) electrons. The van der Waals surface area contributed by atoms with Crippen LogP contribution in [-0.2, 0) is 16.1 Å². The first-order chi connectivity index (χ1) is 15.7. The molecule has 1 N–H and O–H groups in total. The molecule has 0 spiro atoms. The van der Waals surface area contributed by atoms with E-state index in [1.807, 2.05) is 24.3 Å². The molecule has 1 amide bonds. The van der Waals surface area contributed by atoms with Gasteiger partial charge in [0.1, 0.15) is 5.75 Å². The Balaban J connectivity index is 1.35. The lowest BCUT2D eigenvalue weighted by Gasteiger charge is -2.45. The normalized spacial score (nSPS) is 22.4. The lowest BCUT2D eigenvalue weighted by molar-refractivity contribution is -0.116. The molecule has 2 aromatic carbocycles. The number of hydrogen-bond acceptors (Lipinski definition) is 5. The van der Waals surface area contributed by atoms with Crippen LogP contribution in [0.2, 0.25) is 0 Å². The van der Waals surface area contributed by atoms with Crippen molar-refractivity contribution >= 4 is 11.6 Å². The molecule has 6 heteroatoms. The van der Waals surface area contributed by atoms with E-state index in [0.29, 0.717) is 18.4 Å². The Hall–Kier alpha value is -2.41. The smallest absolute Gasteiger partial charge is 0.224 e. The van der Waals surface area contributed by atoms with Gasteiger partial charge in [-0.05, 0) is 55.1 Å². The molecular weight excluding hydrogens is 402 g/mol. The largest absolute Gasteiger partial charge is 0.497 e. The Morgan fingerprint density at radius 2 is 1.81 bits per heavy atom. The fourth-order valence-electron chi connectivity index (χ4n) is 4.97. The van der Waals surface area contributed by atoms with Crippen LogP contribution in [0.1, 0.15) is 24.8 Å². The van der Waals surface area contributed by atoms with E-state index in [9.17, 15) is 4.79 Å². The second-order valence-electron chi connectivity index (χ2n) is 8.80. The van der Waals surface area contributed by atoms with Gasteiger partial charge < -0.3 is 14.8 Å². The van der Waals surface area contributed by atoms with Gasteiger partial charge in [-0.3, -0.25) is 14.6 Å². The summed E-state index contributed by atoms with van der Waals surface area (Å²) in [6.07, 6.45) is 2.59. The molecule has 0 bridgehead atoms. The molecule has 2 aliphatic rings. The van der Waals surface area contributed by atoms with Gasteiger partial charge in [0.25, 0.3) is 0 Å². The number of nitrogens with zero attached hydrogens (tertiary/aromatic N) is 2. The minimum absolute atomic E-state index is 0.0797. The standard InChI is InChI=1S/C26H35N3O3/c1-31-24-10-8-23(9-11-24)27-26(30)12-7-22-20-28(19-21-5-3-2-4-6-21)14-13-25(22)29-15-17-32-18-16-29/h2-6,8-11,22,25H,7,12-20H2,1H3,(H,27,30)/t22-,25+/m0/s1. The summed E-state index contributed by atoms with van der Waals surface area (Å²) < 4.78 is 10.8. The molecule has 0 saturated carbocycles. The van der Waals surface area contributed by atoms with Crippen LogP contribution < -0.4 is 10.1 Å². The summed E-state index contributed by atoms with van der Waals surface area (Å²) in [4.78, 5) is 17.8. The fourth-order valence-corrected chi connectivity index (χ4v) is 4.97. The molecule has 0 unspecified atom stereocenters. The number of amides is 1. The summed E-state index contributed by atoms with van der Waals surface area (Å²) in [7, 11) is 1.64. The third kappa shape index (κ3) is 6.31. The van der Waals surface area contributed by atoms with Crippen LogP contribution in [-0.4, -0.2) is 68.3 Å². The van der Waals surface area contributed by atoms with Gasteiger partial charge in [0, 0.05) is 44.3 Å². The van der Waals surface area contributed by atoms with Crippen molar-refractivity contribution < 1.29 is 14.3 Å². The highest BCUT2D eigenvalue weighted by molar-refractivity contribution is 5.90. The van der Waals surface area contributed by atoms with Crippen molar-refractivity contribution in [2.75, 3.05) is 51.8 Å². The highest BCUT2D eigenvalue weighted by atomic mass is 16.5. The molecule has 4 rings (SSSR count). The van der Waals surface area contributed by atoms with Crippen LogP contribution >= 0.6 is 0 Å². The van der Waals surface area contributed by atoms with Gasteiger partial charge in [-0.25, -0.2) is 0 Å². The number of ether oxygens (including phenoxy) is 2. The molecule has 0 aromatic heterocycles. The van der Waals surface area contributed by atoms with Crippen molar-refractivity contribution in [1.82, 2.24) is 9.80 Å². The van der Waals surface area contributed by atoms with Crippen LogP contribution in [0.3, 0.4) is 0 Å². The van der Waals surface area contributed by atoms with Gasteiger partial charge in [0.2, 0.25) is 5.91 Å². The van der Waals surface area contributed by atoms with E-state index in [0.717, 1.165) is 70.2 Å². The van der Waals surface area contributed by atoms with Crippen LogP contribution in [0.5, 0.6) is 5.75 Å². The molecule has 0 aliphatic carbocycles. The van der Waals surface area contributed by atoms with Gasteiger partial charge in [-0.1, -0.05) is 30.3 Å². The van der Waals surface area contributed by atoms with Crippen molar-refractivity contribution in [3.63, 3.8) is 0 Å². The highest BCUT2D eigenvalue weighted by Crippen LogP contribution is 2.28. The molecule has 2 saturated heterocycles. The number of morpholine rings is 1. The Morgan fingerprint density at radius 3 is 2.53 bits per heavy atom. The van der Waals surface area contributed by atoms with Crippen LogP contribution in [0.4, 0.5) is 5.69 Å². The van der Waals surface area contributed by atoms with Gasteiger partial charge >= 0.3 is 0 Å². The number of likely N-dealkylation sites (tertiary alicyclic amines) is 1. The van der Waals surface area contributed by atoms with E-state index in [-0.39, 0.29) is 5.91 Å². The van der Waals surface area contributed by atoms with Crippen molar-refractivity contribution in [3.8, 4) is 5.75 Å². The topological polar surface area (TPSA) is 54.0 Å². The van der Waals surface area contributed by atoms with E-state index in [1.165, 1.54) is 5.56 Å². The zero-order chi connectivity index (χ0) is 22.2. The predicted octanol–water partition coefficient (Wildman–Crippen LogP) is 3.64. The first kappa shape index (κ1) is 22.8. The van der Waals surface area contributed by atoms with Gasteiger partial charge in [-0.15, -0.1) is 0 Å². The van der Waals surface area contributed by atoms with Crippen molar-refractivity contribution in [1.29, 1.82) is 0 Å². The number of benzene rings is 2. The summed E-state index contributed by atoms with van der Waals surface area (Å²) >= 11 is 0. The number of rotatable bonds is 8. The Kier molecular flexibility index (Phi) is 8.15. The van der Waals surface area contributed by atoms with Gasteiger partial charge in [-0.2, -0.15) is 0 Å². The number of methoxy groups -OCH3 is 1. The lowest BCUT2D eigenvalue weighted by Crippen LogP contribution is -2.53. The van der Waals surface area contributed by atoms with Gasteiger partial charge in [0.15, 0.2) is 0 Å². The molecule has 2 aromatic rings. The third-order valence-electron chi connectivity index (χ3n) is 6.66. The molecule has 6 nitrogen and oxygen atoms in total. The maximum absolute atomic E-state index is 12.7. The fraction of sp³-hybridized carbons (Fsp3) is 0.500. The minimum atomic E-state index is 0.0797. The molecule has 2 aliphatic heterocycles. The molecule has 2 fully saturated rings. The van der Waals surface area contributed by atoms with Crippen LogP contribution in [0, 0.1) is 5.92 Å². The SMILES string of the molecule is COc1ccc(NC(=O)CC[C@H]2CN(Cc3ccccc3)CC[C@H]2N2CCOCC2)cc1. The Labute approximate surface area is 191 Å². The van der Waals surface area contributed by atoms with Crippen LogP contribution in [0.25, 0.3) is 0 Å². The van der Waals surface area contributed by atoms with Crippen molar-refractivity contribution in [2.24, 2.45) is 5.92 Å². The van der Waals surface area contributed by atoms with Crippen molar-refractivity contribution in [3.05, 3.63) is 60.2 Å². The first-order valence-corrected chi connectivity index (χ1v) is 11.7. The number of hydrogen-bond donors (Lipinski definition) is 1. The number of carbonyl (C=O) groups is 1. The van der Waals surface area contributed by atoms with E-state index in [4.69, 9.17) is 9.47 Å². The maximum atomic E-state index is 12.7. The van der Waals surface area contributed by atoms with E-state index in [2.05, 4.69) is 45.4 Å². The maximum Gasteiger partial charge on any atom is 0.224 e. The average molecular weight is 438 g/mol.